The predicted octanol–water partition coefficient (Wildman–Crippen LogP) is 1.70. The van der Waals surface area contributed by atoms with E-state index in [1.54, 1.807) is 6.07 Å². The van der Waals surface area contributed by atoms with Gasteiger partial charge in [-0.25, -0.2) is 0 Å². The van der Waals surface area contributed by atoms with Crippen LogP contribution in [-0.2, 0) is 9.53 Å². The summed E-state index contributed by atoms with van der Waals surface area (Å²) in [6, 6.07) is 5.34. The van der Waals surface area contributed by atoms with Gasteiger partial charge in [-0.3, -0.25) is 9.59 Å². The minimum atomic E-state index is -0.379. The van der Waals surface area contributed by atoms with E-state index < -0.39 is 0 Å². The molecule has 0 spiro atoms. The summed E-state index contributed by atoms with van der Waals surface area (Å²) in [7, 11) is 1.30. The van der Waals surface area contributed by atoms with Gasteiger partial charge >= 0.3 is 5.97 Å². The van der Waals surface area contributed by atoms with E-state index in [0.717, 1.165) is 4.88 Å². The molecule has 100 valence electrons. The van der Waals surface area contributed by atoms with Crippen LogP contribution in [0.2, 0.25) is 0 Å². The van der Waals surface area contributed by atoms with Crippen LogP contribution < -0.4 is 5.32 Å². The molecular weight excluding hydrogens is 268 g/mol. The normalized spacial score (nSPS) is 10.2. The molecule has 0 unspecified atom stereocenters. The summed E-state index contributed by atoms with van der Waals surface area (Å²) >= 11 is 1.50. The Bertz CT molecular complexity index is 562. The molecule has 0 aliphatic rings. The SMILES string of the molecule is COC(=O)CCNC(=O)c1cc(-c2cccs2)on1. The maximum absolute atomic E-state index is 11.7. The fourth-order valence-corrected chi connectivity index (χ4v) is 2.06. The van der Waals surface area contributed by atoms with E-state index >= 15 is 0 Å². The number of amides is 1. The van der Waals surface area contributed by atoms with Gasteiger partial charge in [-0.2, -0.15) is 0 Å². The van der Waals surface area contributed by atoms with Gasteiger partial charge in [-0.1, -0.05) is 11.2 Å². The van der Waals surface area contributed by atoms with Crippen molar-refractivity contribution in [1.82, 2.24) is 10.5 Å². The lowest BCUT2D eigenvalue weighted by molar-refractivity contribution is -0.140. The van der Waals surface area contributed by atoms with E-state index in [0.29, 0.717) is 5.76 Å². The fraction of sp³-hybridized carbons (Fsp3) is 0.250. The van der Waals surface area contributed by atoms with Gasteiger partial charge in [0.15, 0.2) is 11.5 Å². The van der Waals surface area contributed by atoms with Crippen LogP contribution in [0.3, 0.4) is 0 Å². The predicted molar refractivity (Wildman–Crippen MR) is 68.8 cm³/mol. The number of aromatic nitrogens is 1. The van der Waals surface area contributed by atoms with Crippen molar-refractivity contribution in [3.05, 3.63) is 29.3 Å². The Morgan fingerprint density at radius 2 is 2.37 bits per heavy atom. The molecule has 1 amide bonds. The quantitative estimate of drug-likeness (QED) is 0.843. The van der Waals surface area contributed by atoms with Gasteiger partial charge in [0.25, 0.3) is 5.91 Å². The van der Waals surface area contributed by atoms with Crippen LogP contribution in [0.15, 0.2) is 28.1 Å². The first-order valence-corrected chi connectivity index (χ1v) is 6.44. The van der Waals surface area contributed by atoms with Crippen molar-refractivity contribution in [1.29, 1.82) is 0 Å². The largest absolute Gasteiger partial charge is 0.469 e. The zero-order valence-electron chi connectivity index (χ0n) is 10.2. The molecule has 0 aliphatic heterocycles. The standard InChI is InChI=1S/C12H12N2O4S/c1-17-11(15)4-5-13-12(16)8-7-9(18-14-8)10-3-2-6-19-10/h2-3,6-7H,4-5H2,1H3,(H,13,16). The van der Waals surface area contributed by atoms with Crippen molar-refractivity contribution in [3.63, 3.8) is 0 Å². The van der Waals surface area contributed by atoms with Crippen LogP contribution in [0.25, 0.3) is 10.6 Å². The number of ether oxygens (including phenoxy) is 1. The number of esters is 1. The monoisotopic (exact) mass is 280 g/mol. The Morgan fingerprint density at radius 1 is 1.53 bits per heavy atom. The van der Waals surface area contributed by atoms with Crippen LogP contribution in [0.1, 0.15) is 16.9 Å². The molecule has 19 heavy (non-hydrogen) atoms. The molecular formula is C12H12N2O4S. The van der Waals surface area contributed by atoms with E-state index in [4.69, 9.17) is 4.52 Å². The van der Waals surface area contributed by atoms with Crippen molar-refractivity contribution < 1.29 is 18.8 Å². The first-order chi connectivity index (χ1) is 9.20. The van der Waals surface area contributed by atoms with Gasteiger partial charge in [-0.15, -0.1) is 11.3 Å². The van der Waals surface area contributed by atoms with Crippen molar-refractivity contribution in [2.75, 3.05) is 13.7 Å². The van der Waals surface area contributed by atoms with E-state index in [1.165, 1.54) is 18.4 Å². The van der Waals surface area contributed by atoms with Gasteiger partial charge in [-0.05, 0) is 11.4 Å². The molecule has 0 saturated heterocycles. The Hall–Kier alpha value is -2.15. The second-order valence-electron chi connectivity index (χ2n) is 3.64. The number of methoxy groups -OCH3 is 1. The number of nitrogens with one attached hydrogen (secondary N) is 1. The summed E-state index contributed by atoms with van der Waals surface area (Å²) in [5, 5.41) is 8.17. The van der Waals surface area contributed by atoms with Crippen molar-refractivity contribution in [2.24, 2.45) is 0 Å². The van der Waals surface area contributed by atoms with Crippen LogP contribution in [0.5, 0.6) is 0 Å². The molecule has 2 aromatic heterocycles. The molecule has 0 aromatic carbocycles. The maximum Gasteiger partial charge on any atom is 0.307 e. The lowest BCUT2D eigenvalue weighted by Crippen LogP contribution is -2.26. The lowest BCUT2D eigenvalue weighted by Gasteiger charge is -2.00. The summed E-state index contributed by atoms with van der Waals surface area (Å²) in [5.41, 5.74) is 0.188. The molecule has 2 rings (SSSR count). The second kappa shape index (κ2) is 6.14. The summed E-state index contributed by atoms with van der Waals surface area (Å²) in [6.45, 7) is 0.201. The number of thiophene rings is 1. The van der Waals surface area contributed by atoms with Crippen molar-refractivity contribution in [2.45, 2.75) is 6.42 Å². The molecule has 1 N–H and O–H groups in total. The molecule has 0 aliphatic carbocycles. The zero-order chi connectivity index (χ0) is 13.7. The summed E-state index contributed by atoms with van der Waals surface area (Å²) in [6.07, 6.45) is 0.123. The van der Waals surface area contributed by atoms with E-state index in [1.807, 2.05) is 17.5 Å². The Morgan fingerprint density at radius 3 is 3.05 bits per heavy atom. The van der Waals surface area contributed by atoms with Crippen LogP contribution in [0.4, 0.5) is 0 Å². The third-order valence-corrected chi connectivity index (χ3v) is 3.23. The van der Waals surface area contributed by atoms with Gasteiger partial charge in [0, 0.05) is 12.6 Å². The lowest BCUT2D eigenvalue weighted by atomic mass is 10.3. The molecule has 0 radical (unpaired) electrons. The number of rotatable bonds is 5. The zero-order valence-corrected chi connectivity index (χ0v) is 11.0. The average molecular weight is 280 g/mol. The first-order valence-electron chi connectivity index (χ1n) is 5.56. The number of hydrogen-bond acceptors (Lipinski definition) is 6. The minimum absolute atomic E-state index is 0.123. The average Bonchev–Trinajstić information content (AvgIpc) is 3.08. The van der Waals surface area contributed by atoms with Crippen molar-refractivity contribution in [3.8, 4) is 10.6 Å². The Kier molecular flexibility index (Phi) is 4.30. The Labute approximate surface area is 113 Å². The van der Waals surface area contributed by atoms with Gasteiger partial charge < -0.3 is 14.6 Å². The summed E-state index contributed by atoms with van der Waals surface area (Å²) < 4.78 is 9.55. The number of hydrogen-bond donors (Lipinski definition) is 1. The van der Waals surface area contributed by atoms with Crippen LogP contribution in [0, 0.1) is 0 Å². The number of carbonyl (C=O) groups is 2. The summed E-state index contributed by atoms with van der Waals surface area (Å²) in [5.74, 6) is -0.205. The first kappa shape index (κ1) is 13.3. The van der Waals surface area contributed by atoms with Gasteiger partial charge in [0.1, 0.15) is 0 Å². The minimum Gasteiger partial charge on any atom is -0.469 e. The Balaban J connectivity index is 1.91. The second-order valence-corrected chi connectivity index (χ2v) is 4.58. The van der Waals surface area contributed by atoms with Gasteiger partial charge in [0.05, 0.1) is 18.4 Å². The third-order valence-electron chi connectivity index (χ3n) is 2.35. The molecule has 2 aromatic rings. The highest BCUT2D eigenvalue weighted by Gasteiger charge is 2.14. The summed E-state index contributed by atoms with van der Waals surface area (Å²) in [4.78, 5) is 23.5. The van der Waals surface area contributed by atoms with Gasteiger partial charge in [0.2, 0.25) is 0 Å². The molecule has 7 heteroatoms. The van der Waals surface area contributed by atoms with Crippen molar-refractivity contribution >= 4 is 23.2 Å². The maximum atomic E-state index is 11.7. The highest BCUT2D eigenvalue weighted by molar-refractivity contribution is 7.13. The molecule has 0 atom stereocenters. The smallest absolute Gasteiger partial charge is 0.307 e. The van der Waals surface area contributed by atoms with E-state index in [2.05, 4.69) is 15.2 Å². The van der Waals surface area contributed by atoms with E-state index in [-0.39, 0.29) is 30.5 Å². The number of carbonyl (C=O) groups excluding carboxylic acids is 2. The molecule has 6 nitrogen and oxygen atoms in total. The fourth-order valence-electron chi connectivity index (χ4n) is 1.39. The topological polar surface area (TPSA) is 81.4 Å². The van der Waals surface area contributed by atoms with Crippen LogP contribution in [-0.4, -0.2) is 30.7 Å². The molecule has 0 bridgehead atoms. The third kappa shape index (κ3) is 3.41. The number of nitrogens with zero attached hydrogens (tertiary/aromatic N) is 1. The highest BCUT2D eigenvalue weighted by Crippen LogP contribution is 2.24. The van der Waals surface area contributed by atoms with Crippen LogP contribution >= 0.6 is 11.3 Å². The highest BCUT2D eigenvalue weighted by atomic mass is 32.1. The molecule has 2 heterocycles. The van der Waals surface area contributed by atoms with E-state index in [9.17, 15) is 9.59 Å². The molecule has 0 fully saturated rings. The molecule has 0 saturated carbocycles.